The normalized spacial score (nSPS) is 11.1. The summed E-state index contributed by atoms with van der Waals surface area (Å²) in [5, 5.41) is 3.98. The summed E-state index contributed by atoms with van der Waals surface area (Å²) in [6.45, 7) is 2.13. The summed E-state index contributed by atoms with van der Waals surface area (Å²) in [7, 11) is 0. The molecule has 0 amide bonds. The van der Waals surface area contributed by atoms with E-state index in [9.17, 15) is 0 Å². The quantitative estimate of drug-likeness (QED) is 0.705. The number of rotatable bonds is 4. The molecule has 1 heterocycles. The van der Waals surface area contributed by atoms with E-state index in [2.05, 4.69) is 29.2 Å². The van der Waals surface area contributed by atoms with Crippen LogP contribution in [0.4, 0.5) is 0 Å². The molecule has 0 saturated carbocycles. The number of aryl methyl sites for hydroxylation is 1. The lowest BCUT2D eigenvalue weighted by Gasteiger charge is -1.96. The Morgan fingerprint density at radius 2 is 1.71 bits per heavy atom. The van der Waals surface area contributed by atoms with Gasteiger partial charge in [0.2, 0.25) is 0 Å². The SMILES string of the molecule is CCc1ccc(-c2nc(/C=C/c3ccccc3)no2)cc1. The molecule has 1 aromatic heterocycles. The van der Waals surface area contributed by atoms with Crippen molar-refractivity contribution in [3.8, 4) is 11.5 Å². The summed E-state index contributed by atoms with van der Waals surface area (Å²) < 4.78 is 5.30. The first kappa shape index (κ1) is 13.3. The molecule has 0 unspecified atom stereocenters. The molecule has 0 aliphatic heterocycles. The van der Waals surface area contributed by atoms with Crippen LogP contribution in [0.25, 0.3) is 23.6 Å². The van der Waals surface area contributed by atoms with Crippen LogP contribution in [0.15, 0.2) is 59.1 Å². The number of hydrogen-bond acceptors (Lipinski definition) is 3. The summed E-state index contributed by atoms with van der Waals surface area (Å²) in [5.74, 6) is 1.12. The molecule has 104 valence electrons. The second-order valence-electron chi connectivity index (χ2n) is 4.75. The zero-order valence-electron chi connectivity index (χ0n) is 11.9. The fourth-order valence-corrected chi connectivity index (χ4v) is 2.04. The van der Waals surface area contributed by atoms with Crippen molar-refractivity contribution in [2.75, 3.05) is 0 Å². The summed E-state index contributed by atoms with van der Waals surface area (Å²) in [5.41, 5.74) is 3.35. The van der Waals surface area contributed by atoms with E-state index in [1.165, 1.54) is 5.56 Å². The van der Waals surface area contributed by atoms with Crippen molar-refractivity contribution in [1.82, 2.24) is 10.1 Å². The standard InChI is InChI=1S/C18H16N2O/c1-2-14-8-11-16(12-9-14)18-19-17(20-21-18)13-10-15-6-4-3-5-7-15/h3-13H,2H2,1H3/b13-10+. The first-order valence-electron chi connectivity index (χ1n) is 7.01. The fraction of sp³-hybridized carbons (Fsp3) is 0.111. The lowest BCUT2D eigenvalue weighted by Crippen LogP contribution is -1.81. The Morgan fingerprint density at radius 1 is 0.952 bits per heavy atom. The van der Waals surface area contributed by atoms with Crippen molar-refractivity contribution in [2.24, 2.45) is 0 Å². The molecule has 0 atom stereocenters. The highest BCUT2D eigenvalue weighted by molar-refractivity contribution is 5.67. The van der Waals surface area contributed by atoms with Gasteiger partial charge in [0.25, 0.3) is 5.89 Å². The first-order chi connectivity index (χ1) is 10.3. The Labute approximate surface area is 124 Å². The van der Waals surface area contributed by atoms with Crippen molar-refractivity contribution in [3.05, 3.63) is 71.5 Å². The average molecular weight is 276 g/mol. The van der Waals surface area contributed by atoms with Crippen molar-refractivity contribution in [1.29, 1.82) is 0 Å². The van der Waals surface area contributed by atoms with E-state index in [1.807, 2.05) is 54.6 Å². The van der Waals surface area contributed by atoms with E-state index in [-0.39, 0.29) is 0 Å². The Balaban J connectivity index is 1.78. The Bertz CT molecular complexity index is 727. The first-order valence-corrected chi connectivity index (χ1v) is 7.01. The third kappa shape index (κ3) is 3.26. The fourth-order valence-electron chi connectivity index (χ4n) is 2.04. The molecule has 3 aromatic rings. The Morgan fingerprint density at radius 3 is 2.43 bits per heavy atom. The predicted octanol–water partition coefficient (Wildman–Crippen LogP) is 4.47. The monoisotopic (exact) mass is 276 g/mol. The van der Waals surface area contributed by atoms with E-state index in [0.717, 1.165) is 17.5 Å². The molecule has 0 fully saturated rings. The minimum atomic E-state index is 0.547. The van der Waals surface area contributed by atoms with Gasteiger partial charge in [-0.25, -0.2) is 0 Å². The largest absolute Gasteiger partial charge is 0.334 e. The van der Waals surface area contributed by atoms with Crippen LogP contribution in [0.1, 0.15) is 23.9 Å². The summed E-state index contributed by atoms with van der Waals surface area (Å²) in [6.07, 6.45) is 4.84. The third-order valence-corrected chi connectivity index (χ3v) is 3.28. The molecule has 3 rings (SSSR count). The number of benzene rings is 2. The maximum absolute atomic E-state index is 5.30. The predicted molar refractivity (Wildman–Crippen MR) is 84.5 cm³/mol. The minimum absolute atomic E-state index is 0.547. The van der Waals surface area contributed by atoms with Gasteiger partial charge in [-0.05, 0) is 35.8 Å². The van der Waals surface area contributed by atoms with Crippen LogP contribution < -0.4 is 0 Å². The van der Waals surface area contributed by atoms with E-state index >= 15 is 0 Å². The maximum Gasteiger partial charge on any atom is 0.258 e. The molecule has 3 heteroatoms. The van der Waals surface area contributed by atoms with Gasteiger partial charge < -0.3 is 4.52 Å². The van der Waals surface area contributed by atoms with Gasteiger partial charge in [-0.1, -0.05) is 60.6 Å². The topological polar surface area (TPSA) is 38.9 Å². The molecule has 0 bridgehead atoms. The van der Waals surface area contributed by atoms with Crippen LogP contribution in [0.2, 0.25) is 0 Å². The van der Waals surface area contributed by atoms with Crippen molar-refractivity contribution >= 4 is 12.2 Å². The van der Waals surface area contributed by atoms with E-state index in [0.29, 0.717) is 11.7 Å². The molecule has 2 aromatic carbocycles. The van der Waals surface area contributed by atoms with Gasteiger partial charge in [-0.15, -0.1) is 0 Å². The van der Waals surface area contributed by atoms with Crippen LogP contribution in [-0.4, -0.2) is 10.1 Å². The smallest absolute Gasteiger partial charge is 0.258 e. The molecule has 3 nitrogen and oxygen atoms in total. The molecule has 0 N–H and O–H groups in total. The van der Waals surface area contributed by atoms with E-state index in [4.69, 9.17) is 4.52 Å². The molecule has 0 aliphatic rings. The summed E-state index contributed by atoms with van der Waals surface area (Å²) >= 11 is 0. The van der Waals surface area contributed by atoms with Gasteiger partial charge in [0.15, 0.2) is 5.82 Å². The zero-order valence-corrected chi connectivity index (χ0v) is 11.9. The van der Waals surface area contributed by atoms with Crippen molar-refractivity contribution < 1.29 is 4.52 Å². The number of hydrogen-bond donors (Lipinski definition) is 0. The Hall–Kier alpha value is -2.68. The number of nitrogens with zero attached hydrogens (tertiary/aromatic N) is 2. The summed E-state index contributed by atoms with van der Waals surface area (Å²) in [4.78, 5) is 4.39. The molecule has 0 aliphatic carbocycles. The lowest BCUT2D eigenvalue weighted by atomic mass is 10.1. The zero-order chi connectivity index (χ0) is 14.5. The van der Waals surface area contributed by atoms with Crippen LogP contribution >= 0.6 is 0 Å². The minimum Gasteiger partial charge on any atom is -0.334 e. The molecule has 0 spiro atoms. The maximum atomic E-state index is 5.30. The molecule has 21 heavy (non-hydrogen) atoms. The molecule has 0 saturated heterocycles. The second-order valence-corrected chi connectivity index (χ2v) is 4.75. The van der Waals surface area contributed by atoms with Crippen LogP contribution in [0, 0.1) is 0 Å². The van der Waals surface area contributed by atoms with Gasteiger partial charge in [-0.3, -0.25) is 0 Å². The van der Waals surface area contributed by atoms with E-state index in [1.54, 1.807) is 0 Å². The number of aromatic nitrogens is 2. The van der Waals surface area contributed by atoms with Gasteiger partial charge >= 0.3 is 0 Å². The highest BCUT2D eigenvalue weighted by atomic mass is 16.5. The van der Waals surface area contributed by atoms with Crippen LogP contribution in [0.3, 0.4) is 0 Å². The van der Waals surface area contributed by atoms with Crippen molar-refractivity contribution in [2.45, 2.75) is 13.3 Å². The highest BCUT2D eigenvalue weighted by Crippen LogP contribution is 2.18. The van der Waals surface area contributed by atoms with Gasteiger partial charge in [0, 0.05) is 5.56 Å². The van der Waals surface area contributed by atoms with Gasteiger partial charge in [0.05, 0.1) is 0 Å². The summed E-state index contributed by atoms with van der Waals surface area (Å²) in [6, 6.07) is 18.2. The van der Waals surface area contributed by atoms with Gasteiger partial charge in [0.1, 0.15) is 0 Å². The second kappa shape index (κ2) is 6.18. The van der Waals surface area contributed by atoms with Crippen LogP contribution in [-0.2, 0) is 6.42 Å². The molecular formula is C18H16N2O. The van der Waals surface area contributed by atoms with Crippen molar-refractivity contribution in [3.63, 3.8) is 0 Å². The average Bonchev–Trinajstić information content (AvgIpc) is 3.03. The third-order valence-electron chi connectivity index (χ3n) is 3.28. The van der Waals surface area contributed by atoms with Crippen LogP contribution in [0.5, 0.6) is 0 Å². The van der Waals surface area contributed by atoms with Gasteiger partial charge in [-0.2, -0.15) is 4.98 Å². The highest BCUT2D eigenvalue weighted by Gasteiger charge is 2.06. The van der Waals surface area contributed by atoms with E-state index < -0.39 is 0 Å². The Kier molecular flexibility index (Phi) is 3.92. The molecule has 0 radical (unpaired) electrons. The lowest BCUT2D eigenvalue weighted by molar-refractivity contribution is 0.429. The molecular weight excluding hydrogens is 260 g/mol.